The van der Waals surface area contributed by atoms with E-state index in [0.29, 0.717) is 5.95 Å². The van der Waals surface area contributed by atoms with Crippen LogP contribution in [-0.2, 0) is 0 Å². The number of hydrogen-bond donors (Lipinski definition) is 2. The van der Waals surface area contributed by atoms with Gasteiger partial charge in [-0.15, -0.1) is 0 Å². The van der Waals surface area contributed by atoms with Crippen LogP contribution in [0, 0.1) is 0 Å². The third-order valence-electron chi connectivity index (χ3n) is 4.69. The number of hydrogen-bond acceptors (Lipinski definition) is 4. The third-order valence-corrected chi connectivity index (χ3v) is 5.19. The second-order valence-electron chi connectivity index (χ2n) is 6.58. The number of rotatable bonds is 4. The Balaban J connectivity index is 1.53. The molecule has 0 atom stereocenters. The number of aromatic nitrogens is 3. The topological polar surface area (TPSA) is 66.0 Å². The lowest BCUT2D eigenvalue weighted by molar-refractivity contribution is 1.16. The van der Waals surface area contributed by atoms with Gasteiger partial charge in [-0.05, 0) is 24.3 Å². The number of para-hydroxylation sites is 1. The number of aromatic amines is 1. The Labute approximate surface area is 175 Å². The number of nitrogens with zero attached hydrogens (tertiary/aromatic N) is 3. The van der Waals surface area contributed by atoms with Crippen LogP contribution in [-0.4, -0.2) is 21.2 Å². The lowest BCUT2D eigenvalue weighted by atomic mass is 10.1. The van der Waals surface area contributed by atoms with Crippen LogP contribution >= 0.6 is 15.9 Å². The molecule has 0 spiro atoms. The SMILES string of the molecule is Brc1ccc2nc(NN=Cc3c[nH]c4ccccc34)nc(-c3ccccc3)c2c1. The van der Waals surface area contributed by atoms with E-state index in [0.717, 1.165) is 43.1 Å². The Morgan fingerprint density at radius 2 is 1.72 bits per heavy atom. The predicted molar refractivity (Wildman–Crippen MR) is 122 cm³/mol. The fourth-order valence-corrected chi connectivity index (χ4v) is 3.69. The van der Waals surface area contributed by atoms with Gasteiger partial charge < -0.3 is 4.98 Å². The van der Waals surface area contributed by atoms with Crippen LogP contribution in [0.2, 0.25) is 0 Å². The maximum Gasteiger partial charge on any atom is 0.244 e. The van der Waals surface area contributed by atoms with Crippen LogP contribution in [0.4, 0.5) is 5.95 Å². The zero-order valence-electron chi connectivity index (χ0n) is 15.3. The minimum atomic E-state index is 0.453. The molecule has 0 aliphatic carbocycles. The van der Waals surface area contributed by atoms with Gasteiger partial charge in [0.1, 0.15) is 0 Å². The van der Waals surface area contributed by atoms with E-state index < -0.39 is 0 Å². The summed E-state index contributed by atoms with van der Waals surface area (Å²) in [5.74, 6) is 0.453. The van der Waals surface area contributed by atoms with Crippen molar-refractivity contribution in [3.05, 3.63) is 89.0 Å². The summed E-state index contributed by atoms with van der Waals surface area (Å²) < 4.78 is 0.990. The van der Waals surface area contributed by atoms with Crippen molar-refractivity contribution in [1.29, 1.82) is 0 Å². The molecule has 6 heteroatoms. The monoisotopic (exact) mass is 441 g/mol. The molecule has 2 N–H and O–H groups in total. The van der Waals surface area contributed by atoms with E-state index in [4.69, 9.17) is 4.98 Å². The van der Waals surface area contributed by atoms with Crippen LogP contribution in [0.15, 0.2) is 88.6 Å². The summed E-state index contributed by atoms with van der Waals surface area (Å²) in [4.78, 5) is 12.6. The van der Waals surface area contributed by atoms with E-state index in [1.807, 2.05) is 72.9 Å². The molecule has 0 aliphatic rings. The zero-order valence-corrected chi connectivity index (χ0v) is 16.9. The van der Waals surface area contributed by atoms with Crippen LogP contribution < -0.4 is 5.43 Å². The van der Waals surface area contributed by atoms with Crippen LogP contribution in [0.3, 0.4) is 0 Å². The zero-order chi connectivity index (χ0) is 19.6. The van der Waals surface area contributed by atoms with Crippen molar-refractivity contribution in [2.24, 2.45) is 5.10 Å². The number of H-pyrrole nitrogens is 1. The molecule has 2 aromatic heterocycles. The van der Waals surface area contributed by atoms with Gasteiger partial charge in [0.25, 0.3) is 0 Å². The van der Waals surface area contributed by atoms with Gasteiger partial charge in [-0.1, -0.05) is 64.5 Å². The first-order chi connectivity index (χ1) is 14.3. The quantitative estimate of drug-likeness (QED) is 0.266. The summed E-state index contributed by atoms with van der Waals surface area (Å²) >= 11 is 3.54. The van der Waals surface area contributed by atoms with Gasteiger partial charge in [-0.2, -0.15) is 5.10 Å². The molecule has 0 aliphatic heterocycles. The molecular weight excluding hydrogens is 426 g/mol. The highest BCUT2D eigenvalue weighted by Gasteiger charge is 2.10. The number of nitrogens with one attached hydrogen (secondary N) is 2. The summed E-state index contributed by atoms with van der Waals surface area (Å²) in [6, 6.07) is 24.2. The Hall–Kier alpha value is -3.51. The highest BCUT2D eigenvalue weighted by molar-refractivity contribution is 9.10. The largest absolute Gasteiger partial charge is 0.361 e. The van der Waals surface area contributed by atoms with Gasteiger partial charge in [0.2, 0.25) is 5.95 Å². The Bertz CT molecular complexity index is 1340. The lowest BCUT2D eigenvalue weighted by Crippen LogP contribution is -1.99. The Kier molecular flexibility index (Phi) is 4.54. The van der Waals surface area contributed by atoms with E-state index in [1.54, 1.807) is 6.21 Å². The first-order valence-electron chi connectivity index (χ1n) is 9.16. The molecule has 140 valence electrons. The molecule has 0 radical (unpaired) electrons. The number of anilines is 1. The normalized spacial score (nSPS) is 11.5. The molecule has 5 aromatic rings. The summed E-state index contributed by atoms with van der Waals surface area (Å²) in [7, 11) is 0. The molecular formula is C23H16BrN5. The van der Waals surface area contributed by atoms with Crippen LogP contribution in [0.25, 0.3) is 33.1 Å². The van der Waals surface area contributed by atoms with Crippen molar-refractivity contribution in [3.8, 4) is 11.3 Å². The molecule has 0 bridgehead atoms. The van der Waals surface area contributed by atoms with Gasteiger partial charge >= 0.3 is 0 Å². The number of benzene rings is 3. The number of hydrazone groups is 1. The minimum absolute atomic E-state index is 0.453. The number of halogens is 1. The smallest absolute Gasteiger partial charge is 0.244 e. The predicted octanol–water partition coefficient (Wildman–Crippen LogP) is 5.99. The maximum atomic E-state index is 4.73. The first-order valence-corrected chi connectivity index (χ1v) is 9.95. The molecule has 5 nitrogen and oxygen atoms in total. The Morgan fingerprint density at radius 3 is 2.62 bits per heavy atom. The standard InChI is InChI=1S/C23H16BrN5/c24-17-10-11-21-19(12-17)22(15-6-2-1-3-7-15)28-23(27-21)29-26-14-16-13-25-20-9-5-4-8-18(16)20/h1-14,25H,(H,27,28,29). The average molecular weight is 442 g/mol. The fraction of sp³-hybridized carbons (Fsp3) is 0. The van der Waals surface area contributed by atoms with Crippen molar-refractivity contribution < 1.29 is 0 Å². The van der Waals surface area contributed by atoms with Crippen molar-refractivity contribution in [2.75, 3.05) is 5.43 Å². The second-order valence-corrected chi connectivity index (χ2v) is 7.50. The van der Waals surface area contributed by atoms with E-state index in [9.17, 15) is 0 Å². The molecule has 5 rings (SSSR count). The molecule has 0 fully saturated rings. The average Bonchev–Trinajstić information content (AvgIpc) is 3.17. The van der Waals surface area contributed by atoms with Gasteiger partial charge in [0, 0.05) is 38.1 Å². The highest BCUT2D eigenvalue weighted by Crippen LogP contribution is 2.29. The lowest BCUT2D eigenvalue weighted by Gasteiger charge is -2.09. The third kappa shape index (κ3) is 3.50. The molecule has 0 amide bonds. The van der Waals surface area contributed by atoms with Crippen LogP contribution in [0.1, 0.15) is 5.56 Å². The van der Waals surface area contributed by atoms with Gasteiger partial charge in [0.05, 0.1) is 17.4 Å². The maximum absolute atomic E-state index is 4.73. The molecule has 0 saturated carbocycles. The highest BCUT2D eigenvalue weighted by atomic mass is 79.9. The Morgan fingerprint density at radius 1 is 0.897 bits per heavy atom. The molecule has 0 unspecified atom stereocenters. The molecule has 3 aromatic carbocycles. The fourth-order valence-electron chi connectivity index (χ4n) is 3.33. The summed E-state index contributed by atoms with van der Waals surface area (Å²) in [5.41, 5.74) is 7.81. The summed E-state index contributed by atoms with van der Waals surface area (Å²) in [6.45, 7) is 0. The van der Waals surface area contributed by atoms with E-state index in [2.05, 4.69) is 42.5 Å². The van der Waals surface area contributed by atoms with Gasteiger partial charge in [-0.3, -0.25) is 0 Å². The first kappa shape index (κ1) is 17.6. The van der Waals surface area contributed by atoms with E-state index in [1.165, 1.54) is 0 Å². The van der Waals surface area contributed by atoms with Crippen molar-refractivity contribution >= 4 is 49.9 Å². The van der Waals surface area contributed by atoms with Crippen molar-refractivity contribution in [2.45, 2.75) is 0 Å². The van der Waals surface area contributed by atoms with Gasteiger partial charge in [-0.25, -0.2) is 15.4 Å². The van der Waals surface area contributed by atoms with Crippen molar-refractivity contribution in [3.63, 3.8) is 0 Å². The molecule has 29 heavy (non-hydrogen) atoms. The van der Waals surface area contributed by atoms with E-state index in [-0.39, 0.29) is 0 Å². The molecule has 2 heterocycles. The number of fused-ring (bicyclic) bond motifs is 2. The van der Waals surface area contributed by atoms with Gasteiger partial charge in [0.15, 0.2) is 0 Å². The summed E-state index contributed by atoms with van der Waals surface area (Å²) in [5, 5.41) is 6.47. The van der Waals surface area contributed by atoms with Crippen molar-refractivity contribution in [1.82, 2.24) is 15.0 Å². The molecule has 0 saturated heterocycles. The van der Waals surface area contributed by atoms with Crippen LogP contribution in [0.5, 0.6) is 0 Å². The summed E-state index contributed by atoms with van der Waals surface area (Å²) in [6.07, 6.45) is 3.71. The second kappa shape index (κ2) is 7.48. The van der Waals surface area contributed by atoms with E-state index >= 15 is 0 Å². The minimum Gasteiger partial charge on any atom is -0.361 e.